The Labute approximate surface area is 95.3 Å². The molecule has 1 aromatic heterocycles. The van der Waals surface area contributed by atoms with Crippen LogP contribution in [-0.2, 0) is 0 Å². The predicted molar refractivity (Wildman–Crippen MR) is 66.3 cm³/mol. The Balaban J connectivity index is 2.30. The fraction of sp³-hybridized carbons (Fsp3) is 0.154. The molecule has 16 heavy (non-hydrogen) atoms. The zero-order valence-corrected chi connectivity index (χ0v) is 9.22. The van der Waals surface area contributed by atoms with Crippen molar-refractivity contribution < 1.29 is 0 Å². The van der Waals surface area contributed by atoms with Crippen LogP contribution in [0.1, 0.15) is 17.2 Å². The minimum atomic E-state index is -0.101. The molecule has 3 nitrogen and oxygen atoms in total. The average molecular weight is 213 g/mol. The van der Waals surface area contributed by atoms with E-state index in [9.17, 15) is 0 Å². The quantitative estimate of drug-likeness (QED) is 0.821. The van der Waals surface area contributed by atoms with Crippen LogP contribution < -0.4 is 11.1 Å². The third kappa shape index (κ3) is 2.20. The maximum absolute atomic E-state index is 6.18. The summed E-state index contributed by atoms with van der Waals surface area (Å²) in [7, 11) is 1.90. The largest absolute Gasteiger partial charge is 0.388 e. The van der Waals surface area contributed by atoms with Crippen molar-refractivity contribution in [1.29, 1.82) is 0 Å². The lowest BCUT2D eigenvalue weighted by atomic mass is 10.0. The molecule has 0 spiro atoms. The maximum atomic E-state index is 6.18. The minimum Gasteiger partial charge on any atom is -0.388 e. The number of nitrogens with zero attached hydrogens (tertiary/aromatic N) is 1. The first-order chi connectivity index (χ1) is 7.81. The molecule has 0 aliphatic heterocycles. The van der Waals surface area contributed by atoms with Crippen molar-refractivity contribution in [2.75, 3.05) is 12.4 Å². The summed E-state index contributed by atoms with van der Waals surface area (Å²) in [5.74, 6) is 0. The van der Waals surface area contributed by atoms with Crippen molar-refractivity contribution in [3.63, 3.8) is 0 Å². The summed E-state index contributed by atoms with van der Waals surface area (Å²) in [5, 5.41) is 3.11. The molecule has 2 rings (SSSR count). The first-order valence-electron chi connectivity index (χ1n) is 5.24. The van der Waals surface area contributed by atoms with Gasteiger partial charge in [-0.25, -0.2) is 0 Å². The average Bonchev–Trinajstić information content (AvgIpc) is 2.39. The van der Waals surface area contributed by atoms with Gasteiger partial charge in [0.25, 0.3) is 0 Å². The Morgan fingerprint density at radius 1 is 1.12 bits per heavy atom. The monoisotopic (exact) mass is 213 g/mol. The molecule has 0 amide bonds. The summed E-state index contributed by atoms with van der Waals surface area (Å²) >= 11 is 0. The van der Waals surface area contributed by atoms with E-state index in [1.54, 1.807) is 12.4 Å². The Morgan fingerprint density at radius 3 is 2.56 bits per heavy atom. The second kappa shape index (κ2) is 4.77. The molecule has 0 saturated heterocycles. The summed E-state index contributed by atoms with van der Waals surface area (Å²) < 4.78 is 0. The number of nitrogens with one attached hydrogen (secondary N) is 1. The number of benzene rings is 1. The summed E-state index contributed by atoms with van der Waals surface area (Å²) in [6, 6.07) is 11.9. The fourth-order valence-corrected chi connectivity index (χ4v) is 1.65. The lowest BCUT2D eigenvalue weighted by molar-refractivity contribution is 0.868. The highest BCUT2D eigenvalue weighted by atomic mass is 14.8. The highest BCUT2D eigenvalue weighted by Crippen LogP contribution is 2.21. The molecule has 0 fully saturated rings. The standard InChI is InChI=1S/C13H15N3/c1-15-12-4-2-3-11(9-12)13(14)10-5-7-16-8-6-10/h2-9,13,15H,14H2,1H3. The van der Waals surface area contributed by atoms with Gasteiger partial charge >= 0.3 is 0 Å². The molecule has 0 bridgehead atoms. The Kier molecular flexibility index (Phi) is 3.17. The highest BCUT2D eigenvalue weighted by Gasteiger charge is 2.08. The van der Waals surface area contributed by atoms with E-state index in [0.29, 0.717) is 0 Å². The van der Waals surface area contributed by atoms with Crippen molar-refractivity contribution in [2.24, 2.45) is 5.73 Å². The van der Waals surface area contributed by atoms with Gasteiger partial charge in [0, 0.05) is 25.1 Å². The molecule has 2 aromatic rings. The van der Waals surface area contributed by atoms with Crippen molar-refractivity contribution in [1.82, 2.24) is 4.98 Å². The van der Waals surface area contributed by atoms with Gasteiger partial charge in [-0.05, 0) is 35.4 Å². The third-order valence-electron chi connectivity index (χ3n) is 2.60. The topological polar surface area (TPSA) is 50.9 Å². The Bertz CT molecular complexity index is 454. The van der Waals surface area contributed by atoms with Crippen LogP contribution in [0.25, 0.3) is 0 Å². The van der Waals surface area contributed by atoms with Crippen LogP contribution in [0.2, 0.25) is 0 Å². The molecule has 1 atom stereocenters. The normalized spacial score (nSPS) is 12.1. The molecular weight excluding hydrogens is 198 g/mol. The second-order valence-corrected chi connectivity index (χ2v) is 3.63. The number of aromatic nitrogens is 1. The number of rotatable bonds is 3. The van der Waals surface area contributed by atoms with Gasteiger partial charge < -0.3 is 11.1 Å². The molecule has 1 aromatic carbocycles. The van der Waals surface area contributed by atoms with Crippen LogP contribution in [0.3, 0.4) is 0 Å². The van der Waals surface area contributed by atoms with E-state index in [-0.39, 0.29) is 6.04 Å². The second-order valence-electron chi connectivity index (χ2n) is 3.63. The zero-order valence-electron chi connectivity index (χ0n) is 9.22. The van der Waals surface area contributed by atoms with Gasteiger partial charge in [-0.2, -0.15) is 0 Å². The lowest BCUT2D eigenvalue weighted by Gasteiger charge is -2.13. The number of hydrogen-bond donors (Lipinski definition) is 2. The van der Waals surface area contributed by atoms with Gasteiger partial charge in [-0.3, -0.25) is 4.98 Å². The van der Waals surface area contributed by atoms with Gasteiger partial charge in [-0.15, -0.1) is 0 Å². The number of anilines is 1. The summed E-state index contributed by atoms with van der Waals surface area (Å²) in [5.41, 5.74) is 9.42. The molecule has 1 heterocycles. The molecule has 3 heteroatoms. The SMILES string of the molecule is CNc1cccc(C(N)c2ccncc2)c1. The number of hydrogen-bond acceptors (Lipinski definition) is 3. The smallest absolute Gasteiger partial charge is 0.0553 e. The van der Waals surface area contributed by atoms with E-state index in [1.807, 2.05) is 37.4 Å². The van der Waals surface area contributed by atoms with E-state index >= 15 is 0 Å². The molecule has 82 valence electrons. The Morgan fingerprint density at radius 2 is 1.88 bits per heavy atom. The van der Waals surface area contributed by atoms with Crippen LogP contribution in [0.15, 0.2) is 48.8 Å². The van der Waals surface area contributed by atoms with Crippen LogP contribution in [0.5, 0.6) is 0 Å². The molecule has 0 radical (unpaired) electrons. The summed E-state index contributed by atoms with van der Waals surface area (Å²) in [4.78, 5) is 3.99. The van der Waals surface area contributed by atoms with E-state index in [2.05, 4.69) is 16.4 Å². The van der Waals surface area contributed by atoms with Gasteiger partial charge in [-0.1, -0.05) is 12.1 Å². The summed E-state index contributed by atoms with van der Waals surface area (Å²) in [6.07, 6.45) is 3.52. The highest BCUT2D eigenvalue weighted by molar-refractivity contribution is 5.47. The van der Waals surface area contributed by atoms with Crippen molar-refractivity contribution in [3.8, 4) is 0 Å². The third-order valence-corrected chi connectivity index (χ3v) is 2.60. The number of pyridine rings is 1. The van der Waals surface area contributed by atoms with Crippen LogP contribution in [-0.4, -0.2) is 12.0 Å². The summed E-state index contributed by atoms with van der Waals surface area (Å²) in [6.45, 7) is 0. The molecule has 0 saturated carbocycles. The predicted octanol–water partition coefficient (Wildman–Crippen LogP) is 2.17. The fourth-order valence-electron chi connectivity index (χ4n) is 1.65. The first-order valence-corrected chi connectivity index (χ1v) is 5.24. The van der Waals surface area contributed by atoms with Crippen molar-refractivity contribution in [2.45, 2.75) is 6.04 Å². The van der Waals surface area contributed by atoms with E-state index in [0.717, 1.165) is 16.8 Å². The van der Waals surface area contributed by atoms with Gasteiger partial charge in [0.15, 0.2) is 0 Å². The molecule has 0 aliphatic carbocycles. The number of nitrogens with two attached hydrogens (primary N) is 1. The van der Waals surface area contributed by atoms with Crippen LogP contribution in [0.4, 0.5) is 5.69 Å². The lowest BCUT2D eigenvalue weighted by Crippen LogP contribution is -2.11. The van der Waals surface area contributed by atoms with Crippen molar-refractivity contribution in [3.05, 3.63) is 59.9 Å². The van der Waals surface area contributed by atoms with Gasteiger partial charge in [0.05, 0.1) is 6.04 Å². The van der Waals surface area contributed by atoms with Gasteiger partial charge in [0.1, 0.15) is 0 Å². The van der Waals surface area contributed by atoms with E-state index < -0.39 is 0 Å². The van der Waals surface area contributed by atoms with E-state index in [4.69, 9.17) is 5.73 Å². The van der Waals surface area contributed by atoms with E-state index in [1.165, 1.54) is 0 Å². The van der Waals surface area contributed by atoms with Crippen molar-refractivity contribution >= 4 is 5.69 Å². The molecule has 0 aliphatic rings. The first kappa shape index (κ1) is 10.6. The molecular formula is C13H15N3. The Hall–Kier alpha value is -1.87. The molecule has 1 unspecified atom stereocenters. The van der Waals surface area contributed by atoms with Gasteiger partial charge in [0.2, 0.25) is 0 Å². The zero-order chi connectivity index (χ0) is 11.4. The van der Waals surface area contributed by atoms with Crippen LogP contribution in [0, 0.1) is 0 Å². The van der Waals surface area contributed by atoms with Crippen LogP contribution >= 0.6 is 0 Å². The maximum Gasteiger partial charge on any atom is 0.0553 e. The molecule has 3 N–H and O–H groups in total. The minimum absolute atomic E-state index is 0.101.